The summed E-state index contributed by atoms with van der Waals surface area (Å²) in [6.45, 7) is 1.89. The van der Waals surface area contributed by atoms with Crippen LogP contribution in [0.4, 0.5) is 4.79 Å². The largest absolute Gasteiger partial charge is 0.325 e. The fourth-order valence-electron chi connectivity index (χ4n) is 2.67. The van der Waals surface area contributed by atoms with Crippen molar-refractivity contribution in [2.24, 2.45) is 0 Å². The summed E-state index contributed by atoms with van der Waals surface area (Å²) in [6, 6.07) is 17.6. The quantitative estimate of drug-likeness (QED) is 0.886. The molecule has 0 bridgehead atoms. The SMILES string of the molecule is C[C@]1(c2ccccc2)NC(=O)N(Cc2ccc(C#N)cc2)C1=O. The highest BCUT2D eigenvalue weighted by Gasteiger charge is 2.48. The maximum Gasteiger partial charge on any atom is 0.325 e. The first kappa shape index (κ1) is 14.8. The van der Waals surface area contributed by atoms with Crippen molar-refractivity contribution >= 4 is 11.9 Å². The van der Waals surface area contributed by atoms with Crippen LogP contribution in [0.15, 0.2) is 54.6 Å². The fourth-order valence-corrected chi connectivity index (χ4v) is 2.67. The van der Waals surface area contributed by atoms with Gasteiger partial charge in [0.1, 0.15) is 5.54 Å². The van der Waals surface area contributed by atoms with E-state index in [0.717, 1.165) is 11.1 Å². The van der Waals surface area contributed by atoms with Crippen LogP contribution in [0.5, 0.6) is 0 Å². The number of hydrogen-bond acceptors (Lipinski definition) is 3. The van der Waals surface area contributed by atoms with Crippen LogP contribution in [0.25, 0.3) is 0 Å². The van der Waals surface area contributed by atoms with Gasteiger partial charge in [-0.05, 0) is 30.2 Å². The van der Waals surface area contributed by atoms with Crippen LogP contribution in [0, 0.1) is 11.3 Å². The molecule has 0 aliphatic carbocycles. The Bertz CT molecular complexity index is 793. The van der Waals surface area contributed by atoms with Gasteiger partial charge in [0.2, 0.25) is 0 Å². The van der Waals surface area contributed by atoms with Gasteiger partial charge in [0, 0.05) is 0 Å². The van der Waals surface area contributed by atoms with Gasteiger partial charge in [0.15, 0.2) is 0 Å². The highest BCUT2D eigenvalue weighted by Crippen LogP contribution is 2.29. The van der Waals surface area contributed by atoms with E-state index in [9.17, 15) is 9.59 Å². The molecule has 0 saturated carbocycles. The molecule has 0 unspecified atom stereocenters. The van der Waals surface area contributed by atoms with Crippen molar-refractivity contribution in [3.8, 4) is 6.07 Å². The van der Waals surface area contributed by atoms with Crippen LogP contribution in [0.3, 0.4) is 0 Å². The Kier molecular flexibility index (Phi) is 3.59. The molecule has 3 amide bonds. The lowest BCUT2D eigenvalue weighted by atomic mass is 9.92. The van der Waals surface area contributed by atoms with E-state index in [1.165, 1.54) is 4.90 Å². The van der Waals surface area contributed by atoms with Crippen LogP contribution in [0.2, 0.25) is 0 Å². The number of carbonyl (C=O) groups excluding carboxylic acids is 2. The lowest BCUT2D eigenvalue weighted by molar-refractivity contribution is -0.131. The number of hydrogen-bond donors (Lipinski definition) is 1. The van der Waals surface area contributed by atoms with Crippen LogP contribution in [-0.2, 0) is 16.9 Å². The zero-order valence-corrected chi connectivity index (χ0v) is 12.6. The van der Waals surface area contributed by atoms with Crippen molar-refractivity contribution in [3.05, 3.63) is 71.3 Å². The zero-order chi connectivity index (χ0) is 16.4. The third-order valence-corrected chi connectivity index (χ3v) is 4.05. The molecule has 0 radical (unpaired) electrons. The number of carbonyl (C=O) groups is 2. The molecule has 23 heavy (non-hydrogen) atoms. The number of amides is 3. The fraction of sp³-hybridized carbons (Fsp3) is 0.167. The smallest absolute Gasteiger partial charge is 0.319 e. The molecular weight excluding hydrogens is 290 g/mol. The Labute approximate surface area is 134 Å². The maximum atomic E-state index is 12.8. The predicted molar refractivity (Wildman–Crippen MR) is 84.0 cm³/mol. The topological polar surface area (TPSA) is 73.2 Å². The number of urea groups is 1. The van der Waals surface area contributed by atoms with Gasteiger partial charge in [-0.3, -0.25) is 9.69 Å². The van der Waals surface area contributed by atoms with E-state index < -0.39 is 11.6 Å². The van der Waals surface area contributed by atoms with Gasteiger partial charge < -0.3 is 5.32 Å². The first-order chi connectivity index (χ1) is 11.0. The van der Waals surface area contributed by atoms with E-state index in [1.54, 1.807) is 31.2 Å². The molecule has 1 saturated heterocycles. The summed E-state index contributed by atoms with van der Waals surface area (Å²) in [5, 5.41) is 11.6. The lowest BCUT2D eigenvalue weighted by Crippen LogP contribution is -2.40. The van der Waals surface area contributed by atoms with Crippen molar-refractivity contribution < 1.29 is 9.59 Å². The van der Waals surface area contributed by atoms with Gasteiger partial charge in [-0.25, -0.2) is 4.79 Å². The summed E-state index contributed by atoms with van der Waals surface area (Å²) in [4.78, 5) is 26.2. The van der Waals surface area contributed by atoms with E-state index in [1.807, 2.05) is 36.4 Å². The minimum absolute atomic E-state index is 0.179. The van der Waals surface area contributed by atoms with Crippen LogP contribution in [0.1, 0.15) is 23.6 Å². The van der Waals surface area contributed by atoms with Gasteiger partial charge in [-0.1, -0.05) is 42.5 Å². The minimum Gasteiger partial charge on any atom is -0.319 e. The second-order valence-electron chi connectivity index (χ2n) is 5.62. The number of rotatable bonds is 3. The van der Waals surface area contributed by atoms with E-state index in [4.69, 9.17) is 5.26 Å². The number of nitriles is 1. The monoisotopic (exact) mass is 305 g/mol. The van der Waals surface area contributed by atoms with Gasteiger partial charge in [-0.15, -0.1) is 0 Å². The zero-order valence-electron chi connectivity index (χ0n) is 12.6. The maximum absolute atomic E-state index is 12.8. The Morgan fingerprint density at radius 1 is 1.09 bits per heavy atom. The Hall–Kier alpha value is -3.13. The Balaban J connectivity index is 1.85. The molecule has 1 N–H and O–H groups in total. The Morgan fingerprint density at radius 3 is 2.35 bits per heavy atom. The minimum atomic E-state index is -1.05. The Morgan fingerprint density at radius 2 is 1.74 bits per heavy atom. The number of nitrogens with zero attached hydrogens (tertiary/aromatic N) is 2. The molecule has 1 atom stereocenters. The number of benzene rings is 2. The third kappa shape index (κ3) is 2.55. The lowest BCUT2D eigenvalue weighted by Gasteiger charge is -2.22. The van der Waals surface area contributed by atoms with Crippen LogP contribution < -0.4 is 5.32 Å². The molecule has 1 heterocycles. The van der Waals surface area contributed by atoms with Crippen LogP contribution >= 0.6 is 0 Å². The first-order valence-corrected chi connectivity index (χ1v) is 7.23. The normalized spacial score (nSPS) is 20.3. The third-order valence-electron chi connectivity index (χ3n) is 4.05. The van der Waals surface area contributed by atoms with Crippen molar-refractivity contribution in [2.75, 3.05) is 0 Å². The van der Waals surface area contributed by atoms with Crippen molar-refractivity contribution in [3.63, 3.8) is 0 Å². The summed E-state index contributed by atoms with van der Waals surface area (Å²) in [6.07, 6.45) is 0. The summed E-state index contributed by atoms with van der Waals surface area (Å²) < 4.78 is 0. The highest BCUT2D eigenvalue weighted by molar-refractivity contribution is 6.07. The number of nitrogens with one attached hydrogen (secondary N) is 1. The van der Waals surface area contributed by atoms with E-state index in [0.29, 0.717) is 5.56 Å². The second-order valence-corrected chi connectivity index (χ2v) is 5.62. The van der Waals surface area contributed by atoms with Crippen LogP contribution in [-0.4, -0.2) is 16.8 Å². The summed E-state index contributed by atoms with van der Waals surface area (Å²) in [5.74, 6) is -0.280. The molecule has 0 aromatic heterocycles. The standard InChI is InChI=1S/C18H15N3O2/c1-18(15-5-3-2-4-6-15)16(22)21(17(23)20-18)12-14-9-7-13(11-19)8-10-14/h2-10H,12H2,1H3,(H,20,23)/t18-/m1/s1. The van der Waals surface area contributed by atoms with Crippen molar-refractivity contribution in [2.45, 2.75) is 19.0 Å². The average Bonchev–Trinajstić information content (AvgIpc) is 2.81. The van der Waals surface area contributed by atoms with Gasteiger partial charge >= 0.3 is 6.03 Å². The van der Waals surface area contributed by atoms with Crippen molar-refractivity contribution in [1.82, 2.24) is 10.2 Å². The van der Waals surface area contributed by atoms with Gasteiger partial charge in [-0.2, -0.15) is 5.26 Å². The number of imide groups is 1. The van der Waals surface area contributed by atoms with Gasteiger partial charge in [0.05, 0.1) is 18.2 Å². The predicted octanol–water partition coefficient (Wildman–Crippen LogP) is 2.53. The molecule has 5 nitrogen and oxygen atoms in total. The first-order valence-electron chi connectivity index (χ1n) is 7.23. The van der Waals surface area contributed by atoms with E-state index >= 15 is 0 Å². The summed E-state index contributed by atoms with van der Waals surface area (Å²) >= 11 is 0. The second kappa shape index (κ2) is 5.58. The molecule has 2 aromatic carbocycles. The molecule has 0 spiro atoms. The molecule has 2 aromatic rings. The van der Waals surface area contributed by atoms with Gasteiger partial charge in [0.25, 0.3) is 5.91 Å². The average molecular weight is 305 g/mol. The molecule has 5 heteroatoms. The molecule has 3 rings (SSSR count). The summed E-state index contributed by atoms with van der Waals surface area (Å²) in [7, 11) is 0. The molecule has 114 valence electrons. The van der Waals surface area contributed by atoms with Crippen molar-refractivity contribution in [1.29, 1.82) is 5.26 Å². The summed E-state index contributed by atoms with van der Waals surface area (Å²) in [5.41, 5.74) is 1.04. The molecular formula is C18H15N3O2. The molecule has 1 fully saturated rings. The molecule has 1 aliphatic heterocycles. The highest BCUT2D eigenvalue weighted by atomic mass is 16.2. The van der Waals surface area contributed by atoms with E-state index in [-0.39, 0.29) is 12.5 Å². The molecule has 1 aliphatic rings. The van der Waals surface area contributed by atoms with E-state index in [2.05, 4.69) is 5.32 Å².